The van der Waals surface area contributed by atoms with Crippen LogP contribution >= 0.6 is 0 Å². The molecule has 1 aromatic heterocycles. The highest BCUT2D eigenvalue weighted by Gasteiger charge is 2.20. The molecule has 182 valence electrons. The monoisotopic (exact) mass is 499 g/mol. The number of ether oxygens (including phenoxy) is 2. The molecular weight excluding hydrogens is 477 g/mol. The molecule has 1 heterocycles. The fraction of sp³-hybridized carbons (Fsp3) is 0.167. The van der Waals surface area contributed by atoms with Crippen LogP contribution in [-0.4, -0.2) is 24.2 Å². The fourth-order valence-electron chi connectivity index (χ4n) is 3.50. The van der Waals surface area contributed by atoms with E-state index in [1.54, 1.807) is 24.3 Å². The molecule has 0 atom stereocenters. The summed E-state index contributed by atoms with van der Waals surface area (Å²) in [5.41, 5.74) is -0.914. The van der Waals surface area contributed by atoms with Crippen LogP contribution < -0.4 is 25.3 Å². The highest BCUT2D eigenvalue weighted by molar-refractivity contribution is 7.92. The standard InChI is InChI=1S/C24H22FN3O6S/c1-4-33-16-8-10-17(11-9-16)34-22-14-21-20(27(2)23(29)24(30)28(21)3)13-19(22)26-35(31,32)18-7-5-6-15(25)12-18/h5-14,26H,4H2,1-3H3. The van der Waals surface area contributed by atoms with Gasteiger partial charge < -0.3 is 18.6 Å². The number of nitrogens with zero attached hydrogens (tertiary/aromatic N) is 2. The third-order valence-corrected chi connectivity index (χ3v) is 6.67. The van der Waals surface area contributed by atoms with Crippen molar-refractivity contribution in [3.63, 3.8) is 0 Å². The lowest BCUT2D eigenvalue weighted by molar-refractivity contribution is 0.339. The van der Waals surface area contributed by atoms with Crippen LogP contribution in [0.5, 0.6) is 17.2 Å². The molecule has 1 N–H and O–H groups in total. The minimum absolute atomic E-state index is 0.00991. The highest BCUT2D eigenvalue weighted by atomic mass is 32.2. The van der Waals surface area contributed by atoms with Gasteiger partial charge in [-0.25, -0.2) is 12.8 Å². The lowest BCUT2D eigenvalue weighted by Crippen LogP contribution is -2.39. The van der Waals surface area contributed by atoms with Crippen molar-refractivity contribution in [1.82, 2.24) is 9.13 Å². The Morgan fingerprint density at radius 3 is 2.09 bits per heavy atom. The Morgan fingerprint density at radius 2 is 1.49 bits per heavy atom. The van der Waals surface area contributed by atoms with Gasteiger partial charge in [-0.15, -0.1) is 0 Å². The Morgan fingerprint density at radius 1 is 0.886 bits per heavy atom. The summed E-state index contributed by atoms with van der Waals surface area (Å²) in [7, 11) is -1.38. The zero-order chi connectivity index (χ0) is 25.3. The maximum absolute atomic E-state index is 13.7. The largest absolute Gasteiger partial charge is 0.494 e. The third-order valence-electron chi connectivity index (χ3n) is 5.30. The molecule has 0 aliphatic carbocycles. The molecule has 0 unspecified atom stereocenters. The molecule has 4 aromatic rings. The second-order valence-electron chi connectivity index (χ2n) is 7.63. The maximum Gasteiger partial charge on any atom is 0.316 e. The van der Waals surface area contributed by atoms with E-state index in [0.717, 1.165) is 21.3 Å². The van der Waals surface area contributed by atoms with Crippen molar-refractivity contribution >= 4 is 26.7 Å². The lowest BCUT2D eigenvalue weighted by atomic mass is 10.2. The molecule has 4 rings (SSSR count). The SMILES string of the molecule is CCOc1ccc(Oc2cc3c(cc2NS(=O)(=O)c2cccc(F)c2)n(C)c(=O)c(=O)n3C)cc1. The van der Waals surface area contributed by atoms with Gasteiger partial charge in [0.15, 0.2) is 5.75 Å². The summed E-state index contributed by atoms with van der Waals surface area (Å²) in [5, 5.41) is 0. The summed E-state index contributed by atoms with van der Waals surface area (Å²) in [4.78, 5) is 24.4. The molecule has 0 spiro atoms. The summed E-state index contributed by atoms with van der Waals surface area (Å²) >= 11 is 0. The van der Waals surface area contributed by atoms with E-state index >= 15 is 0 Å². The predicted octanol–water partition coefficient (Wildman–Crippen LogP) is 3.37. The van der Waals surface area contributed by atoms with Crippen LogP contribution in [0.1, 0.15) is 6.92 Å². The molecule has 0 fully saturated rings. The van der Waals surface area contributed by atoms with Crippen molar-refractivity contribution in [3.05, 3.63) is 87.2 Å². The number of hydrogen-bond donors (Lipinski definition) is 1. The molecule has 0 saturated carbocycles. The predicted molar refractivity (Wildman–Crippen MR) is 129 cm³/mol. The maximum atomic E-state index is 13.7. The van der Waals surface area contributed by atoms with E-state index in [2.05, 4.69) is 4.72 Å². The summed E-state index contributed by atoms with van der Waals surface area (Å²) in [5.74, 6) is 0.349. The van der Waals surface area contributed by atoms with Crippen molar-refractivity contribution in [2.24, 2.45) is 14.1 Å². The first-order valence-corrected chi connectivity index (χ1v) is 12.0. The number of aryl methyl sites for hydroxylation is 2. The third kappa shape index (κ3) is 4.76. The Hall–Kier alpha value is -4.12. The molecule has 0 radical (unpaired) electrons. The number of fused-ring (bicyclic) bond motifs is 1. The van der Waals surface area contributed by atoms with Gasteiger partial charge in [0.1, 0.15) is 17.3 Å². The number of sulfonamides is 1. The van der Waals surface area contributed by atoms with Crippen LogP contribution in [0.2, 0.25) is 0 Å². The van der Waals surface area contributed by atoms with E-state index in [1.807, 2.05) is 6.92 Å². The van der Waals surface area contributed by atoms with Gasteiger partial charge in [-0.1, -0.05) is 6.07 Å². The molecular formula is C24H22FN3O6S. The van der Waals surface area contributed by atoms with Crippen LogP contribution in [0.15, 0.2) is 75.1 Å². The highest BCUT2D eigenvalue weighted by Crippen LogP contribution is 2.35. The van der Waals surface area contributed by atoms with Gasteiger partial charge in [0.05, 0.1) is 28.2 Å². The van der Waals surface area contributed by atoms with E-state index in [-0.39, 0.29) is 21.8 Å². The van der Waals surface area contributed by atoms with Crippen molar-refractivity contribution in [3.8, 4) is 17.2 Å². The van der Waals surface area contributed by atoms with E-state index in [4.69, 9.17) is 9.47 Å². The minimum Gasteiger partial charge on any atom is -0.494 e. The lowest BCUT2D eigenvalue weighted by Gasteiger charge is -2.17. The van der Waals surface area contributed by atoms with E-state index < -0.39 is 27.0 Å². The zero-order valence-electron chi connectivity index (χ0n) is 19.1. The summed E-state index contributed by atoms with van der Waals surface area (Å²) in [6, 6.07) is 14.0. The van der Waals surface area contributed by atoms with Gasteiger partial charge in [0.25, 0.3) is 10.0 Å². The molecule has 0 saturated heterocycles. The molecule has 11 heteroatoms. The van der Waals surface area contributed by atoms with Gasteiger partial charge in [0, 0.05) is 20.2 Å². The molecule has 0 amide bonds. The Balaban J connectivity index is 1.87. The van der Waals surface area contributed by atoms with E-state index in [0.29, 0.717) is 23.6 Å². The van der Waals surface area contributed by atoms with E-state index in [9.17, 15) is 22.4 Å². The first kappa shape index (κ1) is 24.0. The van der Waals surface area contributed by atoms with Gasteiger partial charge in [-0.2, -0.15) is 0 Å². The summed E-state index contributed by atoms with van der Waals surface area (Å²) in [6.07, 6.45) is 0. The van der Waals surface area contributed by atoms with Crippen LogP contribution in [-0.2, 0) is 24.1 Å². The van der Waals surface area contributed by atoms with Crippen LogP contribution in [0.3, 0.4) is 0 Å². The number of anilines is 1. The van der Waals surface area contributed by atoms with Crippen molar-refractivity contribution in [2.75, 3.05) is 11.3 Å². The van der Waals surface area contributed by atoms with Crippen molar-refractivity contribution < 1.29 is 22.3 Å². The first-order valence-electron chi connectivity index (χ1n) is 10.5. The normalized spacial score (nSPS) is 11.4. The Kier molecular flexibility index (Phi) is 6.35. The summed E-state index contributed by atoms with van der Waals surface area (Å²) in [6.45, 7) is 2.34. The smallest absolute Gasteiger partial charge is 0.316 e. The molecule has 0 aliphatic heterocycles. The molecule has 0 bridgehead atoms. The Bertz CT molecular complexity index is 1640. The average Bonchev–Trinajstić information content (AvgIpc) is 2.83. The number of rotatable bonds is 7. The van der Waals surface area contributed by atoms with Gasteiger partial charge in [0.2, 0.25) is 0 Å². The number of benzene rings is 3. The van der Waals surface area contributed by atoms with Gasteiger partial charge in [-0.05, 0) is 55.5 Å². The molecule has 35 heavy (non-hydrogen) atoms. The minimum atomic E-state index is -4.22. The van der Waals surface area contributed by atoms with Crippen LogP contribution in [0, 0.1) is 5.82 Å². The Labute approximate surface area is 200 Å². The molecule has 3 aromatic carbocycles. The summed E-state index contributed by atoms with van der Waals surface area (Å²) < 4.78 is 55.8. The molecule has 0 aliphatic rings. The van der Waals surface area contributed by atoms with Crippen LogP contribution in [0.25, 0.3) is 11.0 Å². The quantitative estimate of drug-likeness (QED) is 0.391. The van der Waals surface area contributed by atoms with Gasteiger partial charge >= 0.3 is 11.1 Å². The number of aromatic nitrogens is 2. The first-order chi connectivity index (χ1) is 16.6. The molecule has 9 nitrogen and oxygen atoms in total. The second-order valence-corrected chi connectivity index (χ2v) is 9.32. The van der Waals surface area contributed by atoms with Crippen molar-refractivity contribution in [1.29, 1.82) is 0 Å². The van der Waals surface area contributed by atoms with E-state index in [1.165, 1.54) is 38.4 Å². The number of nitrogens with one attached hydrogen (secondary N) is 1. The van der Waals surface area contributed by atoms with Crippen molar-refractivity contribution in [2.45, 2.75) is 11.8 Å². The fourth-order valence-corrected chi connectivity index (χ4v) is 4.59. The van der Waals surface area contributed by atoms with Gasteiger partial charge in [-0.3, -0.25) is 14.3 Å². The van der Waals surface area contributed by atoms with Crippen LogP contribution in [0.4, 0.5) is 10.1 Å². The number of halogens is 1. The topological polar surface area (TPSA) is 109 Å². The zero-order valence-corrected chi connectivity index (χ0v) is 19.9. The second kappa shape index (κ2) is 9.26. The average molecular weight is 500 g/mol. The number of hydrogen-bond acceptors (Lipinski definition) is 6.